The predicted octanol–water partition coefficient (Wildman–Crippen LogP) is 1.72. The summed E-state index contributed by atoms with van der Waals surface area (Å²) in [6, 6.07) is 0.409. The smallest absolute Gasteiger partial charge is 0.222 e. The molecule has 1 aromatic rings. The van der Waals surface area contributed by atoms with Crippen LogP contribution in [0.15, 0.2) is 12.4 Å². The molecule has 0 atom stereocenters. The number of rotatable bonds is 2. The van der Waals surface area contributed by atoms with Crippen molar-refractivity contribution < 1.29 is 4.79 Å². The van der Waals surface area contributed by atoms with Gasteiger partial charge in [0.25, 0.3) is 0 Å². The molecule has 2 aliphatic rings. The zero-order valence-corrected chi connectivity index (χ0v) is 11.5. The van der Waals surface area contributed by atoms with Crippen LogP contribution in [0.25, 0.3) is 0 Å². The molecule has 2 fully saturated rings. The van der Waals surface area contributed by atoms with E-state index in [9.17, 15) is 4.79 Å². The average Bonchev–Trinajstić information content (AvgIpc) is 2.86. The van der Waals surface area contributed by atoms with Gasteiger partial charge in [-0.25, -0.2) is 9.97 Å². The Morgan fingerprint density at radius 1 is 1.16 bits per heavy atom. The van der Waals surface area contributed by atoms with Gasteiger partial charge in [-0.05, 0) is 19.3 Å². The molecule has 0 radical (unpaired) electrons. The fourth-order valence-electron chi connectivity index (χ4n) is 2.93. The molecule has 19 heavy (non-hydrogen) atoms. The molecule has 2 aliphatic heterocycles. The summed E-state index contributed by atoms with van der Waals surface area (Å²) in [7, 11) is 0. The van der Waals surface area contributed by atoms with E-state index in [1.54, 1.807) is 12.4 Å². The van der Waals surface area contributed by atoms with E-state index in [1.165, 1.54) is 0 Å². The summed E-state index contributed by atoms with van der Waals surface area (Å²) >= 11 is 5.74. The van der Waals surface area contributed by atoms with Gasteiger partial charge in [-0.1, -0.05) is 11.6 Å². The number of hydrogen-bond donors (Lipinski definition) is 0. The number of aromatic nitrogens is 2. The Morgan fingerprint density at radius 2 is 1.95 bits per heavy atom. The van der Waals surface area contributed by atoms with Gasteiger partial charge in [0.05, 0.1) is 12.4 Å². The maximum absolute atomic E-state index is 11.7. The second kappa shape index (κ2) is 5.33. The van der Waals surface area contributed by atoms with Crippen molar-refractivity contribution in [1.82, 2.24) is 14.9 Å². The van der Waals surface area contributed by atoms with Gasteiger partial charge in [-0.3, -0.25) is 4.79 Å². The Labute approximate surface area is 117 Å². The molecule has 2 saturated heterocycles. The van der Waals surface area contributed by atoms with Crippen LogP contribution in [-0.2, 0) is 4.79 Å². The molecule has 0 bridgehead atoms. The van der Waals surface area contributed by atoms with Crippen LogP contribution in [0.2, 0.25) is 5.15 Å². The van der Waals surface area contributed by atoms with Crippen LogP contribution >= 0.6 is 11.6 Å². The highest BCUT2D eigenvalue weighted by Gasteiger charge is 2.30. The van der Waals surface area contributed by atoms with E-state index in [4.69, 9.17) is 11.6 Å². The molecular weight excluding hydrogens is 264 g/mol. The molecule has 0 N–H and O–H groups in total. The second-order valence-corrected chi connectivity index (χ2v) is 5.49. The van der Waals surface area contributed by atoms with Gasteiger partial charge in [0.2, 0.25) is 5.91 Å². The Morgan fingerprint density at radius 3 is 2.53 bits per heavy atom. The van der Waals surface area contributed by atoms with Gasteiger partial charge in [0, 0.05) is 32.1 Å². The SMILES string of the molecule is O=C1CCCN1C1CCN(c2cnc(Cl)cn2)CC1. The maximum Gasteiger partial charge on any atom is 0.222 e. The predicted molar refractivity (Wildman–Crippen MR) is 73.2 cm³/mol. The topological polar surface area (TPSA) is 49.3 Å². The molecule has 0 aliphatic carbocycles. The van der Waals surface area contributed by atoms with Crippen LogP contribution < -0.4 is 4.90 Å². The van der Waals surface area contributed by atoms with Crippen molar-refractivity contribution >= 4 is 23.3 Å². The number of hydrogen-bond acceptors (Lipinski definition) is 4. The van der Waals surface area contributed by atoms with E-state index in [-0.39, 0.29) is 0 Å². The summed E-state index contributed by atoms with van der Waals surface area (Å²) in [6.45, 7) is 2.78. The van der Waals surface area contributed by atoms with Crippen LogP contribution in [0.4, 0.5) is 5.82 Å². The van der Waals surface area contributed by atoms with Crippen molar-refractivity contribution in [2.24, 2.45) is 0 Å². The first-order valence-electron chi connectivity index (χ1n) is 6.76. The zero-order chi connectivity index (χ0) is 13.2. The fourth-order valence-corrected chi connectivity index (χ4v) is 3.03. The zero-order valence-electron chi connectivity index (χ0n) is 10.8. The Balaban J connectivity index is 1.60. The van der Waals surface area contributed by atoms with Crippen LogP contribution in [0.1, 0.15) is 25.7 Å². The van der Waals surface area contributed by atoms with E-state index in [0.29, 0.717) is 17.1 Å². The molecule has 1 aromatic heterocycles. The monoisotopic (exact) mass is 280 g/mol. The van der Waals surface area contributed by atoms with Crippen LogP contribution in [0, 0.1) is 0 Å². The average molecular weight is 281 g/mol. The van der Waals surface area contributed by atoms with Crippen molar-refractivity contribution in [2.75, 3.05) is 24.5 Å². The lowest BCUT2D eigenvalue weighted by Gasteiger charge is -2.37. The highest BCUT2D eigenvalue weighted by atomic mass is 35.5. The van der Waals surface area contributed by atoms with E-state index in [0.717, 1.165) is 51.1 Å². The fraction of sp³-hybridized carbons (Fsp3) is 0.615. The van der Waals surface area contributed by atoms with Gasteiger partial charge in [0.1, 0.15) is 11.0 Å². The molecule has 1 amide bonds. The third kappa shape index (κ3) is 2.66. The summed E-state index contributed by atoms with van der Waals surface area (Å²) in [4.78, 5) is 24.4. The molecule has 0 unspecified atom stereocenters. The Hall–Kier alpha value is -1.36. The van der Waals surface area contributed by atoms with Gasteiger partial charge in [-0.15, -0.1) is 0 Å². The van der Waals surface area contributed by atoms with Crippen molar-refractivity contribution in [2.45, 2.75) is 31.7 Å². The first-order valence-corrected chi connectivity index (χ1v) is 7.14. The standard InChI is InChI=1S/C13H17ClN4O/c14-11-8-16-12(9-15-11)17-6-3-10(4-7-17)18-5-1-2-13(18)19/h8-10H,1-7H2. The number of carbonyl (C=O) groups is 1. The van der Waals surface area contributed by atoms with Crippen LogP contribution in [-0.4, -0.2) is 46.5 Å². The number of nitrogens with zero attached hydrogens (tertiary/aromatic N) is 4. The number of piperidine rings is 1. The lowest BCUT2D eigenvalue weighted by Crippen LogP contribution is -2.45. The van der Waals surface area contributed by atoms with Crippen LogP contribution in [0.5, 0.6) is 0 Å². The van der Waals surface area contributed by atoms with Crippen molar-refractivity contribution in [3.8, 4) is 0 Å². The van der Waals surface area contributed by atoms with Gasteiger partial charge < -0.3 is 9.80 Å². The quantitative estimate of drug-likeness (QED) is 0.828. The van der Waals surface area contributed by atoms with E-state index in [1.807, 2.05) is 0 Å². The lowest BCUT2D eigenvalue weighted by molar-refractivity contribution is -0.130. The van der Waals surface area contributed by atoms with Crippen molar-refractivity contribution in [3.05, 3.63) is 17.5 Å². The van der Waals surface area contributed by atoms with E-state index < -0.39 is 0 Å². The van der Waals surface area contributed by atoms with E-state index >= 15 is 0 Å². The highest BCUT2D eigenvalue weighted by molar-refractivity contribution is 6.29. The largest absolute Gasteiger partial charge is 0.355 e. The van der Waals surface area contributed by atoms with Crippen molar-refractivity contribution in [3.63, 3.8) is 0 Å². The van der Waals surface area contributed by atoms with Crippen molar-refractivity contribution in [1.29, 1.82) is 0 Å². The summed E-state index contributed by atoms with van der Waals surface area (Å²) in [5.41, 5.74) is 0. The first kappa shape index (κ1) is 12.7. The lowest BCUT2D eigenvalue weighted by atomic mass is 10.0. The molecule has 3 rings (SSSR count). The summed E-state index contributed by atoms with van der Waals surface area (Å²) in [6.07, 6.45) is 7.05. The maximum atomic E-state index is 11.7. The molecule has 0 spiro atoms. The van der Waals surface area contributed by atoms with Gasteiger partial charge >= 0.3 is 0 Å². The molecule has 0 aromatic carbocycles. The van der Waals surface area contributed by atoms with E-state index in [2.05, 4.69) is 19.8 Å². The molecule has 5 nitrogen and oxygen atoms in total. The second-order valence-electron chi connectivity index (χ2n) is 5.11. The number of amides is 1. The number of anilines is 1. The van der Waals surface area contributed by atoms with Crippen LogP contribution in [0.3, 0.4) is 0 Å². The number of halogens is 1. The Bertz CT molecular complexity index is 456. The summed E-state index contributed by atoms with van der Waals surface area (Å²) in [5, 5.41) is 0.418. The first-order chi connectivity index (χ1) is 9.24. The number of carbonyl (C=O) groups excluding carboxylic acids is 1. The minimum absolute atomic E-state index is 0.324. The third-order valence-electron chi connectivity index (χ3n) is 3.95. The minimum atomic E-state index is 0.324. The molecule has 6 heteroatoms. The normalized spacial score (nSPS) is 21.2. The van der Waals surface area contributed by atoms with Gasteiger partial charge in [-0.2, -0.15) is 0 Å². The molecule has 3 heterocycles. The molecule has 102 valence electrons. The number of likely N-dealkylation sites (tertiary alicyclic amines) is 1. The van der Waals surface area contributed by atoms with Gasteiger partial charge in [0.15, 0.2) is 0 Å². The third-order valence-corrected chi connectivity index (χ3v) is 4.14. The minimum Gasteiger partial charge on any atom is -0.355 e. The summed E-state index contributed by atoms with van der Waals surface area (Å²) in [5.74, 6) is 1.19. The highest BCUT2D eigenvalue weighted by Crippen LogP contribution is 2.24. The molecule has 0 saturated carbocycles. The Kier molecular flexibility index (Phi) is 3.55. The summed E-state index contributed by atoms with van der Waals surface area (Å²) < 4.78 is 0. The molecular formula is C13H17ClN4O.